The lowest BCUT2D eigenvalue weighted by Gasteiger charge is -2.10. The van der Waals surface area contributed by atoms with Crippen LogP contribution in [0.1, 0.15) is 16.6 Å². The van der Waals surface area contributed by atoms with Crippen molar-refractivity contribution in [3.8, 4) is 28.1 Å². The van der Waals surface area contributed by atoms with Crippen LogP contribution in [-0.2, 0) is 0 Å². The molecule has 5 rings (SSSR count). The van der Waals surface area contributed by atoms with Crippen LogP contribution in [-0.4, -0.2) is 22.4 Å². The van der Waals surface area contributed by atoms with E-state index in [0.29, 0.717) is 16.8 Å². The maximum atomic E-state index is 13.2. The molecule has 8 nitrogen and oxygen atoms in total. The summed E-state index contributed by atoms with van der Waals surface area (Å²) in [5, 5.41) is 14.7. The van der Waals surface area contributed by atoms with Crippen molar-refractivity contribution < 1.29 is 14.5 Å². The zero-order valence-electron chi connectivity index (χ0n) is 19.8. The summed E-state index contributed by atoms with van der Waals surface area (Å²) in [5.41, 5.74) is 10.1. The number of anilines is 2. The minimum Gasteiger partial charge on any atom is -0.494 e. The number of pyridine rings is 1. The first-order valence-electron chi connectivity index (χ1n) is 11.5. The Kier molecular flexibility index (Phi) is 6.53. The topological polar surface area (TPSA) is 120 Å². The van der Waals surface area contributed by atoms with Gasteiger partial charge in [0.2, 0.25) is 0 Å². The summed E-state index contributed by atoms with van der Waals surface area (Å²) in [6.45, 7) is 2.51. The minimum atomic E-state index is -0.540. The van der Waals surface area contributed by atoms with E-state index in [-0.39, 0.29) is 21.9 Å². The van der Waals surface area contributed by atoms with Gasteiger partial charge >= 0.3 is 0 Å². The summed E-state index contributed by atoms with van der Waals surface area (Å²) in [4.78, 5) is 29.8. The molecule has 0 bridgehead atoms. The number of nitrogens with one attached hydrogen (secondary N) is 1. The van der Waals surface area contributed by atoms with E-state index < -0.39 is 10.8 Å². The predicted molar refractivity (Wildman–Crippen MR) is 147 cm³/mol. The minimum absolute atomic E-state index is 0.0978. The molecule has 2 aromatic heterocycles. The summed E-state index contributed by atoms with van der Waals surface area (Å²) < 4.78 is 5.56. The van der Waals surface area contributed by atoms with Gasteiger partial charge in [-0.15, -0.1) is 11.3 Å². The number of fused-ring (bicyclic) bond motifs is 1. The van der Waals surface area contributed by atoms with Crippen molar-refractivity contribution in [2.24, 2.45) is 0 Å². The number of rotatable bonds is 7. The van der Waals surface area contributed by atoms with Gasteiger partial charge in [0.1, 0.15) is 21.1 Å². The third kappa shape index (κ3) is 4.72. The number of carbonyl (C=O) groups excluding carboxylic acids is 1. The zero-order valence-corrected chi connectivity index (χ0v) is 20.6. The van der Waals surface area contributed by atoms with Crippen LogP contribution in [0.4, 0.5) is 17.1 Å². The molecular weight excluding hydrogens is 488 g/mol. The number of nitro benzene ring substituents is 1. The highest BCUT2D eigenvalue weighted by Crippen LogP contribution is 2.42. The van der Waals surface area contributed by atoms with Crippen LogP contribution in [0.5, 0.6) is 5.75 Å². The number of hydrogen-bond donors (Lipinski definition) is 2. The quantitative estimate of drug-likeness (QED) is 0.184. The van der Waals surface area contributed by atoms with Crippen LogP contribution in [0.2, 0.25) is 0 Å². The van der Waals surface area contributed by atoms with Crippen LogP contribution >= 0.6 is 11.3 Å². The Morgan fingerprint density at radius 1 is 1.03 bits per heavy atom. The monoisotopic (exact) mass is 510 g/mol. The van der Waals surface area contributed by atoms with Crippen molar-refractivity contribution in [2.45, 2.75) is 6.92 Å². The van der Waals surface area contributed by atoms with Crippen molar-refractivity contribution >= 4 is 44.5 Å². The average Bonchev–Trinajstić information content (AvgIpc) is 3.26. The lowest BCUT2D eigenvalue weighted by Crippen LogP contribution is -2.13. The van der Waals surface area contributed by atoms with E-state index in [1.807, 2.05) is 67.6 Å². The lowest BCUT2D eigenvalue weighted by atomic mass is 9.99. The number of carbonyl (C=O) groups is 1. The maximum absolute atomic E-state index is 13.2. The molecule has 0 atom stereocenters. The number of benzene rings is 3. The van der Waals surface area contributed by atoms with Crippen LogP contribution in [0.15, 0.2) is 84.9 Å². The normalized spacial score (nSPS) is 10.8. The molecule has 0 fully saturated rings. The van der Waals surface area contributed by atoms with Crippen molar-refractivity contribution in [3.05, 3.63) is 99.9 Å². The Balaban J connectivity index is 1.63. The Morgan fingerprint density at radius 3 is 2.43 bits per heavy atom. The second-order valence-electron chi connectivity index (χ2n) is 8.13. The number of nitrogens with zero attached hydrogens (tertiary/aromatic N) is 2. The van der Waals surface area contributed by atoms with Gasteiger partial charge in [0.25, 0.3) is 11.6 Å². The number of aromatic nitrogens is 1. The summed E-state index contributed by atoms with van der Waals surface area (Å²) >= 11 is 1.15. The van der Waals surface area contributed by atoms with Crippen molar-refractivity contribution in [3.63, 3.8) is 0 Å². The zero-order chi connectivity index (χ0) is 25.9. The van der Waals surface area contributed by atoms with E-state index >= 15 is 0 Å². The number of nitrogen functional groups attached to an aromatic ring is 1. The first kappa shape index (κ1) is 24.0. The molecule has 3 aromatic carbocycles. The van der Waals surface area contributed by atoms with Gasteiger partial charge in [-0.3, -0.25) is 14.9 Å². The van der Waals surface area contributed by atoms with Crippen LogP contribution in [0.25, 0.3) is 32.6 Å². The predicted octanol–water partition coefficient (Wildman–Crippen LogP) is 6.77. The number of ether oxygens (including phenoxy) is 1. The highest BCUT2D eigenvalue weighted by molar-refractivity contribution is 7.21. The number of thiophene rings is 1. The molecule has 5 aromatic rings. The smallest absolute Gasteiger partial charge is 0.292 e. The second kappa shape index (κ2) is 10.1. The van der Waals surface area contributed by atoms with Gasteiger partial charge in [-0.25, -0.2) is 4.98 Å². The van der Waals surface area contributed by atoms with E-state index in [0.717, 1.165) is 39.5 Å². The summed E-state index contributed by atoms with van der Waals surface area (Å²) in [7, 11) is 0. The number of amides is 1. The number of para-hydroxylation sites is 2. The lowest BCUT2D eigenvalue weighted by molar-refractivity contribution is -0.383. The van der Waals surface area contributed by atoms with Gasteiger partial charge in [0.05, 0.1) is 22.9 Å². The average molecular weight is 511 g/mol. The highest BCUT2D eigenvalue weighted by Gasteiger charge is 2.23. The van der Waals surface area contributed by atoms with E-state index in [9.17, 15) is 14.9 Å². The molecule has 0 aliphatic heterocycles. The molecule has 1 amide bonds. The second-order valence-corrected chi connectivity index (χ2v) is 9.13. The molecule has 0 saturated heterocycles. The summed E-state index contributed by atoms with van der Waals surface area (Å²) in [5.74, 6) is 0.237. The fourth-order valence-corrected chi connectivity index (χ4v) is 5.10. The molecule has 9 heteroatoms. The molecule has 184 valence electrons. The Bertz CT molecular complexity index is 1620. The van der Waals surface area contributed by atoms with Gasteiger partial charge in [-0.2, -0.15) is 0 Å². The SMILES string of the molecule is CCOc1ccc(-c2cc(-c3ccccc3)c3c(N)c(C(=O)Nc4ccccc4[N+](=O)[O-])sc3n2)cc1. The van der Waals surface area contributed by atoms with Crippen LogP contribution in [0.3, 0.4) is 0 Å². The standard InChI is InChI=1S/C28H22N4O4S/c1-2-36-19-14-12-18(13-15-19)22-16-20(17-8-4-3-5-9-17)24-25(29)26(37-28(24)31-22)27(33)30-21-10-6-7-11-23(21)32(34)35/h3-16H,2,29H2,1H3,(H,30,33). The maximum Gasteiger partial charge on any atom is 0.292 e. The molecular formula is C28H22N4O4S. The number of hydrogen-bond acceptors (Lipinski definition) is 7. The van der Waals surface area contributed by atoms with Gasteiger partial charge < -0.3 is 15.8 Å². The molecule has 3 N–H and O–H groups in total. The fraction of sp³-hybridized carbons (Fsp3) is 0.0714. The molecule has 0 saturated carbocycles. The van der Waals surface area contributed by atoms with E-state index in [2.05, 4.69) is 5.32 Å². The van der Waals surface area contributed by atoms with Crippen LogP contribution in [0, 0.1) is 10.1 Å². The molecule has 0 spiro atoms. The molecule has 0 aliphatic carbocycles. The van der Waals surface area contributed by atoms with E-state index in [1.54, 1.807) is 12.1 Å². The summed E-state index contributed by atoms with van der Waals surface area (Å²) in [6, 6.07) is 25.3. The van der Waals surface area contributed by atoms with Gasteiger partial charge in [0, 0.05) is 17.0 Å². The summed E-state index contributed by atoms with van der Waals surface area (Å²) in [6.07, 6.45) is 0. The molecule has 37 heavy (non-hydrogen) atoms. The first-order chi connectivity index (χ1) is 18.0. The van der Waals surface area contributed by atoms with Gasteiger partial charge in [-0.1, -0.05) is 42.5 Å². The number of nitro groups is 1. The Hall–Kier alpha value is -4.76. The first-order valence-corrected chi connectivity index (χ1v) is 12.3. The van der Waals surface area contributed by atoms with E-state index in [4.69, 9.17) is 15.5 Å². The van der Waals surface area contributed by atoms with E-state index in [1.165, 1.54) is 12.1 Å². The van der Waals surface area contributed by atoms with Crippen molar-refractivity contribution in [2.75, 3.05) is 17.7 Å². The fourth-order valence-electron chi connectivity index (χ4n) is 4.09. The van der Waals surface area contributed by atoms with Gasteiger partial charge in [0.15, 0.2) is 0 Å². The van der Waals surface area contributed by atoms with Crippen molar-refractivity contribution in [1.29, 1.82) is 0 Å². The highest BCUT2D eigenvalue weighted by atomic mass is 32.1. The molecule has 0 aliphatic rings. The van der Waals surface area contributed by atoms with Crippen molar-refractivity contribution in [1.82, 2.24) is 4.98 Å². The Morgan fingerprint density at radius 2 is 1.73 bits per heavy atom. The van der Waals surface area contributed by atoms with Crippen LogP contribution < -0.4 is 15.8 Å². The molecule has 0 unspecified atom stereocenters. The largest absolute Gasteiger partial charge is 0.494 e. The number of nitrogens with two attached hydrogens (primary N) is 1. The Labute approximate surface area is 216 Å². The molecule has 2 heterocycles. The molecule has 0 radical (unpaired) electrons. The third-order valence-electron chi connectivity index (χ3n) is 5.80. The third-order valence-corrected chi connectivity index (χ3v) is 6.90. The van der Waals surface area contributed by atoms with Gasteiger partial charge in [-0.05, 0) is 54.4 Å².